The maximum Gasteiger partial charge on any atom is 0.161 e. The van der Waals surface area contributed by atoms with Crippen molar-refractivity contribution < 1.29 is 19.3 Å². The molecule has 0 spiro atoms. The van der Waals surface area contributed by atoms with Gasteiger partial charge >= 0.3 is 0 Å². The van der Waals surface area contributed by atoms with E-state index in [0.717, 1.165) is 75.7 Å². The van der Waals surface area contributed by atoms with Crippen molar-refractivity contribution in [2.24, 2.45) is 0 Å². The molecule has 43 heavy (non-hydrogen) atoms. The van der Waals surface area contributed by atoms with Gasteiger partial charge in [-0.2, -0.15) is 5.26 Å². The number of nitrogens with zero attached hydrogens (tertiary/aromatic N) is 2. The van der Waals surface area contributed by atoms with Gasteiger partial charge in [-0.15, -0.1) is 0 Å². The van der Waals surface area contributed by atoms with Gasteiger partial charge in [0.05, 0.1) is 30.0 Å². The molecular formula is C37H36N2O4. The van der Waals surface area contributed by atoms with Crippen LogP contribution in [0.1, 0.15) is 46.2 Å². The molecule has 1 atom stereocenters. The van der Waals surface area contributed by atoms with Gasteiger partial charge in [-0.1, -0.05) is 60.7 Å². The number of ether oxygens (including phenoxy) is 3. The minimum absolute atomic E-state index is 0.0524. The molecule has 0 bridgehead atoms. The van der Waals surface area contributed by atoms with E-state index >= 15 is 0 Å². The number of rotatable bonds is 8. The van der Waals surface area contributed by atoms with Crippen molar-refractivity contribution in [3.05, 3.63) is 106 Å². The summed E-state index contributed by atoms with van der Waals surface area (Å²) in [6.45, 7) is 6.67. The van der Waals surface area contributed by atoms with Crippen molar-refractivity contribution in [2.45, 2.75) is 39.3 Å². The van der Waals surface area contributed by atoms with Crippen LogP contribution in [0.15, 0.2) is 72.8 Å². The summed E-state index contributed by atoms with van der Waals surface area (Å²) in [5, 5.41) is 19.7. The molecule has 0 aliphatic carbocycles. The molecule has 1 unspecified atom stereocenters. The van der Waals surface area contributed by atoms with Crippen LogP contribution < -0.4 is 19.1 Å². The Balaban J connectivity index is 1.32. The average Bonchev–Trinajstić information content (AvgIpc) is 3.52. The van der Waals surface area contributed by atoms with Gasteiger partial charge in [0.2, 0.25) is 0 Å². The molecule has 4 aromatic carbocycles. The van der Waals surface area contributed by atoms with Gasteiger partial charge in [0.15, 0.2) is 11.5 Å². The van der Waals surface area contributed by atoms with Crippen LogP contribution in [-0.4, -0.2) is 37.5 Å². The SMILES string of the molecule is Cc1c(/C=C/c2ccc(OCc3ccccc3C#N)c(N3CCCC3CO)c2C)cccc1-c1ccc2c(c1)OCCO2. The summed E-state index contributed by atoms with van der Waals surface area (Å²) >= 11 is 0. The molecule has 0 amide bonds. The van der Waals surface area contributed by atoms with E-state index in [0.29, 0.717) is 25.4 Å². The second-order valence-corrected chi connectivity index (χ2v) is 11.1. The van der Waals surface area contributed by atoms with Gasteiger partial charge in [-0.3, -0.25) is 0 Å². The first-order valence-corrected chi connectivity index (χ1v) is 14.9. The fourth-order valence-corrected chi connectivity index (χ4v) is 6.11. The lowest BCUT2D eigenvalue weighted by Gasteiger charge is -2.30. The first-order chi connectivity index (χ1) is 21.1. The van der Waals surface area contributed by atoms with Gasteiger partial charge in [0.1, 0.15) is 25.6 Å². The normalized spacial score (nSPS) is 16.0. The number of hydrogen-bond acceptors (Lipinski definition) is 6. The van der Waals surface area contributed by atoms with Crippen LogP contribution in [-0.2, 0) is 6.61 Å². The fourth-order valence-electron chi connectivity index (χ4n) is 6.11. The first-order valence-electron chi connectivity index (χ1n) is 14.9. The number of nitriles is 1. The van der Waals surface area contributed by atoms with Crippen molar-refractivity contribution in [1.82, 2.24) is 0 Å². The standard InChI is InChI=1S/C37H36N2O4/c1-25-27(9-5-11-33(25)29-15-16-34-36(21-29)42-20-19-41-34)12-13-28-14-17-35(43-24-31-8-4-3-7-30(31)22-38)37(26(28)2)39-18-6-10-32(39)23-40/h3-5,7-9,11-17,21,32,40H,6,10,18-20,23-24H2,1-2H3/b13-12+. The zero-order chi connectivity index (χ0) is 29.8. The molecule has 1 fully saturated rings. The van der Waals surface area contributed by atoms with Crippen molar-refractivity contribution in [2.75, 3.05) is 31.3 Å². The number of fused-ring (bicyclic) bond motifs is 1. The predicted octanol–water partition coefficient (Wildman–Crippen LogP) is 7.32. The minimum Gasteiger partial charge on any atom is -0.487 e. The second kappa shape index (κ2) is 12.6. The molecule has 4 aromatic rings. The highest BCUT2D eigenvalue weighted by Gasteiger charge is 2.28. The molecule has 2 heterocycles. The monoisotopic (exact) mass is 572 g/mol. The van der Waals surface area contributed by atoms with Crippen LogP contribution in [0.2, 0.25) is 0 Å². The number of benzene rings is 4. The van der Waals surface area contributed by atoms with Gasteiger partial charge < -0.3 is 24.2 Å². The number of anilines is 1. The molecule has 1 N–H and O–H groups in total. The van der Waals surface area contributed by atoms with E-state index < -0.39 is 0 Å². The quantitative estimate of drug-likeness (QED) is 0.223. The highest BCUT2D eigenvalue weighted by atomic mass is 16.6. The van der Waals surface area contributed by atoms with Crippen LogP contribution in [0, 0.1) is 25.2 Å². The van der Waals surface area contributed by atoms with E-state index in [2.05, 4.69) is 73.4 Å². The van der Waals surface area contributed by atoms with E-state index in [9.17, 15) is 10.4 Å². The van der Waals surface area contributed by atoms with E-state index in [1.807, 2.05) is 36.4 Å². The highest BCUT2D eigenvalue weighted by molar-refractivity contribution is 5.81. The minimum atomic E-state index is 0.0524. The molecule has 6 rings (SSSR count). The fraction of sp³-hybridized carbons (Fsp3) is 0.270. The summed E-state index contributed by atoms with van der Waals surface area (Å²) in [6, 6.07) is 26.4. The van der Waals surface area contributed by atoms with Gasteiger partial charge in [-0.25, -0.2) is 0 Å². The van der Waals surface area contributed by atoms with Crippen molar-refractivity contribution in [1.29, 1.82) is 5.26 Å². The maximum atomic E-state index is 10.1. The third kappa shape index (κ3) is 5.82. The van der Waals surface area contributed by atoms with Gasteiger partial charge in [0, 0.05) is 12.1 Å². The molecule has 0 saturated carbocycles. The van der Waals surface area contributed by atoms with Crippen LogP contribution >= 0.6 is 0 Å². The molecule has 1 saturated heterocycles. The van der Waals surface area contributed by atoms with Crippen molar-refractivity contribution in [3.63, 3.8) is 0 Å². The smallest absolute Gasteiger partial charge is 0.161 e. The average molecular weight is 573 g/mol. The Bertz CT molecular complexity index is 1700. The molecule has 0 radical (unpaired) electrons. The number of hydrogen-bond donors (Lipinski definition) is 1. The molecule has 2 aliphatic rings. The van der Waals surface area contributed by atoms with E-state index in [1.165, 1.54) is 5.56 Å². The van der Waals surface area contributed by atoms with E-state index in [-0.39, 0.29) is 12.6 Å². The maximum absolute atomic E-state index is 10.1. The summed E-state index contributed by atoms with van der Waals surface area (Å²) in [6.07, 6.45) is 6.29. The number of aliphatic hydroxyl groups is 1. The Morgan fingerprint density at radius 3 is 2.53 bits per heavy atom. The first kappa shape index (κ1) is 28.4. The molecule has 218 valence electrons. The number of aliphatic hydroxyl groups excluding tert-OH is 1. The zero-order valence-electron chi connectivity index (χ0n) is 24.7. The van der Waals surface area contributed by atoms with Crippen LogP contribution in [0.3, 0.4) is 0 Å². The van der Waals surface area contributed by atoms with Gasteiger partial charge in [0.25, 0.3) is 0 Å². The van der Waals surface area contributed by atoms with Crippen molar-refractivity contribution in [3.8, 4) is 34.4 Å². The molecule has 6 nitrogen and oxygen atoms in total. The molecular weight excluding hydrogens is 536 g/mol. The summed E-state index contributed by atoms with van der Waals surface area (Å²) in [7, 11) is 0. The molecule has 0 aromatic heterocycles. The lowest BCUT2D eigenvalue weighted by Crippen LogP contribution is -2.33. The summed E-state index contributed by atoms with van der Waals surface area (Å²) < 4.78 is 17.9. The molecule has 2 aliphatic heterocycles. The van der Waals surface area contributed by atoms with E-state index in [1.54, 1.807) is 0 Å². The summed E-state index contributed by atoms with van der Waals surface area (Å²) in [4.78, 5) is 2.28. The third-order valence-corrected chi connectivity index (χ3v) is 8.50. The van der Waals surface area contributed by atoms with Crippen LogP contribution in [0.25, 0.3) is 23.3 Å². The Hall–Kier alpha value is -4.73. The topological polar surface area (TPSA) is 75.0 Å². The Morgan fingerprint density at radius 1 is 0.930 bits per heavy atom. The largest absolute Gasteiger partial charge is 0.487 e. The van der Waals surface area contributed by atoms with Gasteiger partial charge in [-0.05, 0) is 84.3 Å². The molecule has 6 heteroatoms. The summed E-state index contributed by atoms with van der Waals surface area (Å²) in [5.41, 5.74) is 9.24. The Labute approximate surface area is 253 Å². The predicted molar refractivity (Wildman–Crippen MR) is 171 cm³/mol. The Morgan fingerprint density at radius 2 is 1.72 bits per heavy atom. The zero-order valence-corrected chi connectivity index (χ0v) is 24.7. The van der Waals surface area contributed by atoms with Crippen molar-refractivity contribution >= 4 is 17.8 Å². The lowest BCUT2D eigenvalue weighted by atomic mass is 9.95. The van der Waals surface area contributed by atoms with Crippen LogP contribution in [0.5, 0.6) is 17.2 Å². The highest BCUT2D eigenvalue weighted by Crippen LogP contribution is 2.40. The summed E-state index contributed by atoms with van der Waals surface area (Å²) in [5.74, 6) is 2.34. The van der Waals surface area contributed by atoms with Crippen LogP contribution in [0.4, 0.5) is 5.69 Å². The Kier molecular flexibility index (Phi) is 8.35. The van der Waals surface area contributed by atoms with E-state index in [4.69, 9.17) is 14.2 Å². The third-order valence-electron chi connectivity index (χ3n) is 8.50. The second-order valence-electron chi connectivity index (χ2n) is 11.1. The lowest BCUT2D eigenvalue weighted by molar-refractivity contribution is 0.171.